The number of fused-ring (bicyclic) bond motifs is 1. The summed E-state index contributed by atoms with van der Waals surface area (Å²) in [6.07, 6.45) is 0.489. The molecular weight excluding hydrogens is 364 g/mol. The monoisotopic (exact) mass is 376 g/mol. The highest BCUT2D eigenvalue weighted by atomic mass is 79.9. The molecular formula is C15H13BrN4O3. The second-order valence-electron chi connectivity index (χ2n) is 5.07. The van der Waals surface area contributed by atoms with Gasteiger partial charge in [-0.2, -0.15) is 0 Å². The van der Waals surface area contributed by atoms with Gasteiger partial charge in [-0.3, -0.25) is 14.9 Å². The summed E-state index contributed by atoms with van der Waals surface area (Å²) in [6.45, 7) is 3.68. The van der Waals surface area contributed by atoms with Crippen LogP contribution >= 0.6 is 15.9 Å². The van der Waals surface area contributed by atoms with Gasteiger partial charge < -0.3 is 4.98 Å². The number of hydrogen-bond acceptors (Lipinski definition) is 4. The maximum atomic E-state index is 13.0. The van der Waals surface area contributed by atoms with Crippen molar-refractivity contribution in [3.63, 3.8) is 0 Å². The van der Waals surface area contributed by atoms with Crippen LogP contribution in [0.25, 0.3) is 16.9 Å². The molecule has 0 saturated carbocycles. The number of aromatic amines is 1. The van der Waals surface area contributed by atoms with Gasteiger partial charge >= 0.3 is 0 Å². The summed E-state index contributed by atoms with van der Waals surface area (Å²) < 4.78 is 1.95. The van der Waals surface area contributed by atoms with Crippen LogP contribution in [0.5, 0.6) is 0 Å². The number of nitro benzene ring substituents is 1. The number of rotatable bonds is 3. The van der Waals surface area contributed by atoms with Gasteiger partial charge in [-0.25, -0.2) is 9.38 Å². The SMILES string of the molecule is CCc1nc2[nH]c(C)c(Br)n2c(=O)c1-c1ccccc1[N+](=O)[O-]. The molecule has 2 aromatic heterocycles. The van der Waals surface area contributed by atoms with Crippen LogP contribution in [0.4, 0.5) is 5.69 Å². The summed E-state index contributed by atoms with van der Waals surface area (Å²) in [5, 5.41) is 11.3. The summed E-state index contributed by atoms with van der Waals surface area (Å²) in [4.78, 5) is 31.3. The van der Waals surface area contributed by atoms with Crippen LogP contribution in [-0.2, 0) is 6.42 Å². The van der Waals surface area contributed by atoms with E-state index in [9.17, 15) is 14.9 Å². The Hall–Kier alpha value is -2.48. The molecule has 0 aliphatic carbocycles. The third-order valence-electron chi connectivity index (χ3n) is 3.67. The molecule has 3 aromatic rings. The van der Waals surface area contributed by atoms with Crippen molar-refractivity contribution >= 4 is 27.4 Å². The maximum absolute atomic E-state index is 13.0. The minimum absolute atomic E-state index is 0.107. The highest BCUT2D eigenvalue weighted by molar-refractivity contribution is 9.10. The van der Waals surface area contributed by atoms with Crippen molar-refractivity contribution in [3.05, 3.63) is 60.7 Å². The molecule has 23 heavy (non-hydrogen) atoms. The average Bonchev–Trinajstić information content (AvgIpc) is 2.82. The standard InChI is InChI=1S/C15H13BrN4O3/c1-3-10-12(9-6-4-5-7-11(9)20(22)23)14(21)19-13(16)8(2)17-15(19)18-10/h4-7H,3H2,1-2H3,(H,17,18). The number of halogens is 1. The van der Waals surface area contributed by atoms with E-state index in [0.717, 1.165) is 5.69 Å². The summed E-state index contributed by atoms with van der Waals surface area (Å²) >= 11 is 3.36. The number of hydrogen-bond donors (Lipinski definition) is 1. The third kappa shape index (κ3) is 2.35. The molecule has 0 radical (unpaired) electrons. The molecule has 118 valence electrons. The van der Waals surface area contributed by atoms with Crippen molar-refractivity contribution in [2.24, 2.45) is 0 Å². The Labute approximate surface area is 139 Å². The minimum Gasteiger partial charge on any atom is -0.327 e. The predicted molar refractivity (Wildman–Crippen MR) is 89.7 cm³/mol. The van der Waals surface area contributed by atoms with Gasteiger partial charge in [0.1, 0.15) is 4.60 Å². The van der Waals surface area contributed by atoms with Crippen LogP contribution < -0.4 is 5.56 Å². The van der Waals surface area contributed by atoms with Gasteiger partial charge in [-0.05, 0) is 35.3 Å². The second kappa shape index (κ2) is 5.62. The molecule has 0 aliphatic rings. The lowest BCUT2D eigenvalue weighted by atomic mass is 10.0. The summed E-state index contributed by atoms with van der Waals surface area (Å²) in [5.74, 6) is 0.415. The topological polar surface area (TPSA) is 93.3 Å². The fraction of sp³-hybridized carbons (Fsp3) is 0.200. The summed E-state index contributed by atoms with van der Waals surface area (Å²) in [6, 6.07) is 6.22. The number of para-hydroxylation sites is 1. The van der Waals surface area contributed by atoms with Gasteiger partial charge in [0.2, 0.25) is 5.78 Å². The Morgan fingerprint density at radius 2 is 2.09 bits per heavy atom. The van der Waals surface area contributed by atoms with Crippen LogP contribution in [0.2, 0.25) is 0 Å². The van der Waals surface area contributed by atoms with Crippen molar-refractivity contribution in [2.75, 3.05) is 0 Å². The van der Waals surface area contributed by atoms with Crippen LogP contribution in [0.1, 0.15) is 18.3 Å². The lowest BCUT2D eigenvalue weighted by molar-refractivity contribution is -0.384. The van der Waals surface area contributed by atoms with Gasteiger partial charge in [0.25, 0.3) is 11.2 Å². The Kier molecular flexibility index (Phi) is 3.77. The highest BCUT2D eigenvalue weighted by Crippen LogP contribution is 2.30. The lowest BCUT2D eigenvalue weighted by Gasteiger charge is -2.08. The first-order chi connectivity index (χ1) is 11.0. The first-order valence-electron chi connectivity index (χ1n) is 6.99. The summed E-state index contributed by atoms with van der Waals surface area (Å²) in [7, 11) is 0. The second-order valence-corrected chi connectivity index (χ2v) is 5.82. The predicted octanol–water partition coefficient (Wildman–Crippen LogP) is 3.23. The van der Waals surface area contributed by atoms with E-state index in [1.165, 1.54) is 10.5 Å². The zero-order valence-corrected chi connectivity index (χ0v) is 14.0. The number of imidazole rings is 1. The zero-order valence-electron chi connectivity index (χ0n) is 12.5. The van der Waals surface area contributed by atoms with E-state index in [1.807, 2.05) is 13.8 Å². The Bertz CT molecular complexity index is 990. The lowest BCUT2D eigenvalue weighted by Crippen LogP contribution is -2.19. The molecule has 0 bridgehead atoms. The number of aromatic nitrogens is 3. The molecule has 0 spiro atoms. The Balaban J connectivity index is 2.47. The van der Waals surface area contributed by atoms with E-state index >= 15 is 0 Å². The van der Waals surface area contributed by atoms with Gasteiger partial charge in [-0.1, -0.05) is 19.1 Å². The van der Waals surface area contributed by atoms with Crippen molar-refractivity contribution in [1.29, 1.82) is 0 Å². The van der Waals surface area contributed by atoms with E-state index in [0.29, 0.717) is 22.5 Å². The molecule has 0 unspecified atom stereocenters. The number of nitro groups is 1. The fourth-order valence-electron chi connectivity index (χ4n) is 2.59. The minimum atomic E-state index is -0.486. The molecule has 0 saturated heterocycles. The van der Waals surface area contributed by atoms with E-state index in [2.05, 4.69) is 25.9 Å². The third-order valence-corrected chi connectivity index (χ3v) is 4.62. The first kappa shape index (κ1) is 15.4. The van der Waals surface area contributed by atoms with E-state index in [1.54, 1.807) is 18.2 Å². The molecule has 0 aliphatic heterocycles. The van der Waals surface area contributed by atoms with E-state index in [4.69, 9.17) is 0 Å². The number of nitrogens with one attached hydrogen (secondary N) is 1. The first-order valence-corrected chi connectivity index (χ1v) is 7.78. The number of H-pyrrole nitrogens is 1. The highest BCUT2D eigenvalue weighted by Gasteiger charge is 2.23. The van der Waals surface area contributed by atoms with Gasteiger partial charge in [0.15, 0.2) is 0 Å². The molecule has 0 fully saturated rings. The smallest absolute Gasteiger partial charge is 0.277 e. The molecule has 0 atom stereocenters. The molecule has 1 aromatic carbocycles. The van der Waals surface area contributed by atoms with Crippen molar-refractivity contribution in [3.8, 4) is 11.1 Å². The largest absolute Gasteiger partial charge is 0.327 e. The van der Waals surface area contributed by atoms with Gasteiger partial charge in [0, 0.05) is 11.8 Å². The van der Waals surface area contributed by atoms with Crippen LogP contribution in [-0.4, -0.2) is 19.3 Å². The molecule has 0 amide bonds. The maximum Gasteiger partial charge on any atom is 0.277 e. The quantitative estimate of drug-likeness (QED) is 0.560. The number of nitrogens with zero attached hydrogens (tertiary/aromatic N) is 3. The van der Waals surface area contributed by atoms with Crippen molar-refractivity contribution in [1.82, 2.24) is 14.4 Å². The molecule has 3 rings (SSSR count). The van der Waals surface area contributed by atoms with Gasteiger partial charge in [-0.15, -0.1) is 0 Å². The molecule has 8 heteroatoms. The zero-order chi connectivity index (χ0) is 16.7. The van der Waals surface area contributed by atoms with E-state index < -0.39 is 4.92 Å². The molecule has 1 N–H and O–H groups in total. The average molecular weight is 377 g/mol. The van der Waals surface area contributed by atoms with Crippen LogP contribution in [0.3, 0.4) is 0 Å². The Morgan fingerprint density at radius 3 is 2.74 bits per heavy atom. The summed E-state index contributed by atoms with van der Waals surface area (Å²) in [5.41, 5.74) is 1.39. The van der Waals surface area contributed by atoms with Gasteiger partial charge in [0.05, 0.1) is 21.7 Å². The number of aryl methyl sites for hydroxylation is 2. The van der Waals surface area contributed by atoms with E-state index in [-0.39, 0.29) is 22.4 Å². The normalized spacial score (nSPS) is 11.1. The van der Waals surface area contributed by atoms with Crippen molar-refractivity contribution in [2.45, 2.75) is 20.3 Å². The Morgan fingerprint density at radius 1 is 1.39 bits per heavy atom. The molecule has 7 nitrogen and oxygen atoms in total. The fourth-order valence-corrected chi connectivity index (χ4v) is 3.02. The van der Waals surface area contributed by atoms with Crippen molar-refractivity contribution < 1.29 is 4.92 Å². The number of benzene rings is 1. The molecule has 2 heterocycles. The van der Waals surface area contributed by atoms with Crippen LogP contribution in [0, 0.1) is 17.0 Å². The van der Waals surface area contributed by atoms with Crippen LogP contribution in [0.15, 0.2) is 33.7 Å².